The normalized spacial score (nSPS) is 17.5. The van der Waals surface area contributed by atoms with Crippen molar-refractivity contribution in [3.05, 3.63) is 58.3 Å². The zero-order chi connectivity index (χ0) is 17.9. The van der Waals surface area contributed by atoms with Gasteiger partial charge in [0.2, 0.25) is 5.89 Å². The van der Waals surface area contributed by atoms with Gasteiger partial charge in [0.05, 0.1) is 10.9 Å². The first-order chi connectivity index (χ1) is 12.7. The Morgan fingerprint density at radius 2 is 2.00 bits per heavy atom. The first-order valence-corrected chi connectivity index (χ1v) is 10.0. The molecular weight excluding hydrogens is 368 g/mol. The Hall–Kier alpha value is -1.73. The Labute approximate surface area is 162 Å². The van der Waals surface area contributed by atoms with Crippen molar-refractivity contribution in [2.45, 2.75) is 19.5 Å². The molecule has 0 unspecified atom stereocenters. The maximum Gasteiger partial charge on any atom is 0.257 e. The lowest BCUT2D eigenvalue weighted by Crippen LogP contribution is -2.46. The molecule has 3 aromatic rings. The summed E-state index contributed by atoms with van der Waals surface area (Å²) in [5.74, 6) is 1.30. The van der Waals surface area contributed by atoms with Gasteiger partial charge in [0.25, 0.3) is 5.89 Å². The second-order valence-electron chi connectivity index (χ2n) is 6.54. The molecule has 1 saturated heterocycles. The van der Waals surface area contributed by atoms with Gasteiger partial charge < -0.3 is 4.42 Å². The number of hydrogen-bond acceptors (Lipinski definition) is 6. The van der Waals surface area contributed by atoms with Crippen LogP contribution in [0.5, 0.6) is 0 Å². The van der Waals surface area contributed by atoms with Gasteiger partial charge in [0, 0.05) is 37.7 Å². The second kappa shape index (κ2) is 7.88. The lowest BCUT2D eigenvalue weighted by molar-refractivity contribution is 0.0876. The second-order valence-corrected chi connectivity index (χ2v) is 7.92. The molecule has 1 aromatic carbocycles. The first-order valence-electron chi connectivity index (χ1n) is 8.77. The minimum absolute atomic E-state index is 0.129. The van der Waals surface area contributed by atoms with Crippen molar-refractivity contribution in [3.8, 4) is 10.8 Å². The number of rotatable bonds is 5. The Morgan fingerprint density at radius 1 is 1.15 bits per heavy atom. The standard InChI is InChI=1S/C19H21ClN4OS/c1-14(18-21-22-19(25-18)17-6-3-11-26-17)24-9-7-23(8-10-24)13-15-4-2-5-16(20)12-15/h2-6,11-12,14H,7-10,13H2,1H3/t14-/m0/s1. The number of benzene rings is 1. The summed E-state index contributed by atoms with van der Waals surface area (Å²) in [6, 6.07) is 12.2. The number of aromatic nitrogens is 2. The maximum atomic E-state index is 6.08. The summed E-state index contributed by atoms with van der Waals surface area (Å²) in [5.41, 5.74) is 1.26. The number of piperazine rings is 1. The topological polar surface area (TPSA) is 45.4 Å². The fourth-order valence-electron chi connectivity index (χ4n) is 3.26. The summed E-state index contributed by atoms with van der Waals surface area (Å²) in [6.45, 7) is 7.08. The summed E-state index contributed by atoms with van der Waals surface area (Å²) in [4.78, 5) is 5.88. The van der Waals surface area contributed by atoms with Crippen molar-refractivity contribution in [1.82, 2.24) is 20.0 Å². The van der Waals surface area contributed by atoms with E-state index in [2.05, 4.69) is 33.0 Å². The van der Waals surface area contributed by atoms with Gasteiger partial charge in [-0.05, 0) is 36.1 Å². The van der Waals surface area contributed by atoms with Crippen molar-refractivity contribution in [2.24, 2.45) is 0 Å². The molecule has 0 radical (unpaired) electrons. The molecule has 136 valence electrons. The molecule has 3 heterocycles. The minimum Gasteiger partial charge on any atom is -0.418 e. The molecule has 0 spiro atoms. The summed E-state index contributed by atoms with van der Waals surface area (Å²) in [5, 5.41) is 11.3. The van der Waals surface area contributed by atoms with E-state index in [1.807, 2.05) is 35.7 Å². The van der Waals surface area contributed by atoms with Crippen LogP contribution in [-0.4, -0.2) is 46.2 Å². The Morgan fingerprint density at radius 3 is 2.73 bits per heavy atom. The van der Waals surface area contributed by atoms with Crippen molar-refractivity contribution in [2.75, 3.05) is 26.2 Å². The fraction of sp³-hybridized carbons (Fsp3) is 0.368. The van der Waals surface area contributed by atoms with Crippen molar-refractivity contribution < 1.29 is 4.42 Å². The van der Waals surface area contributed by atoms with Crippen LogP contribution in [0.4, 0.5) is 0 Å². The predicted octanol–water partition coefficient (Wildman–Crippen LogP) is 4.33. The first kappa shape index (κ1) is 17.7. The highest BCUT2D eigenvalue weighted by Gasteiger charge is 2.26. The largest absolute Gasteiger partial charge is 0.418 e. The SMILES string of the molecule is C[C@@H](c1nnc(-c2cccs2)o1)N1CCN(Cc2cccc(Cl)c2)CC1. The third kappa shape index (κ3) is 3.99. The van der Waals surface area contributed by atoms with E-state index in [4.69, 9.17) is 16.0 Å². The van der Waals surface area contributed by atoms with E-state index in [1.54, 1.807) is 11.3 Å². The molecule has 0 amide bonds. The van der Waals surface area contributed by atoms with E-state index in [9.17, 15) is 0 Å². The Kier molecular flexibility index (Phi) is 5.36. The van der Waals surface area contributed by atoms with Crippen LogP contribution in [0, 0.1) is 0 Å². The smallest absolute Gasteiger partial charge is 0.257 e. The van der Waals surface area contributed by atoms with E-state index in [1.165, 1.54) is 5.56 Å². The summed E-state index contributed by atoms with van der Waals surface area (Å²) < 4.78 is 5.90. The molecule has 2 aromatic heterocycles. The Balaban J connectivity index is 1.34. The average Bonchev–Trinajstić information content (AvgIpc) is 3.33. The number of halogens is 1. The average molecular weight is 389 g/mol. The quantitative estimate of drug-likeness (QED) is 0.651. The molecule has 1 aliphatic heterocycles. The third-order valence-electron chi connectivity index (χ3n) is 4.78. The zero-order valence-electron chi connectivity index (χ0n) is 14.6. The van der Waals surface area contributed by atoms with Gasteiger partial charge in [0.1, 0.15) is 0 Å². The molecule has 1 fully saturated rings. The lowest BCUT2D eigenvalue weighted by atomic mass is 10.2. The summed E-state index contributed by atoms with van der Waals surface area (Å²) in [6.07, 6.45) is 0. The van der Waals surface area contributed by atoms with E-state index in [0.29, 0.717) is 11.8 Å². The van der Waals surface area contributed by atoms with E-state index < -0.39 is 0 Å². The highest BCUT2D eigenvalue weighted by molar-refractivity contribution is 7.13. The van der Waals surface area contributed by atoms with Crippen LogP contribution in [0.15, 0.2) is 46.2 Å². The van der Waals surface area contributed by atoms with Crippen LogP contribution in [0.25, 0.3) is 10.8 Å². The summed E-state index contributed by atoms with van der Waals surface area (Å²) >= 11 is 7.70. The molecule has 0 N–H and O–H groups in total. The highest BCUT2D eigenvalue weighted by Crippen LogP contribution is 2.27. The molecule has 1 aliphatic rings. The zero-order valence-corrected chi connectivity index (χ0v) is 16.2. The van der Waals surface area contributed by atoms with Gasteiger partial charge in [-0.1, -0.05) is 29.8 Å². The van der Waals surface area contributed by atoms with E-state index in [0.717, 1.165) is 42.6 Å². The molecule has 4 rings (SSSR count). The van der Waals surface area contributed by atoms with Crippen LogP contribution in [0.3, 0.4) is 0 Å². The molecule has 7 heteroatoms. The van der Waals surface area contributed by atoms with Gasteiger partial charge in [-0.2, -0.15) is 0 Å². The molecule has 1 atom stereocenters. The van der Waals surface area contributed by atoms with Crippen LogP contribution >= 0.6 is 22.9 Å². The molecular formula is C19H21ClN4OS. The minimum atomic E-state index is 0.129. The fourth-order valence-corrected chi connectivity index (χ4v) is 4.12. The molecule has 0 saturated carbocycles. The number of thiophene rings is 1. The van der Waals surface area contributed by atoms with Gasteiger partial charge in [-0.15, -0.1) is 21.5 Å². The van der Waals surface area contributed by atoms with Gasteiger partial charge in [-0.25, -0.2) is 0 Å². The Bertz CT molecular complexity index is 843. The number of hydrogen-bond donors (Lipinski definition) is 0. The molecule has 0 aliphatic carbocycles. The van der Waals surface area contributed by atoms with Gasteiger partial charge in [-0.3, -0.25) is 9.80 Å². The summed E-state index contributed by atoms with van der Waals surface area (Å²) in [7, 11) is 0. The van der Waals surface area contributed by atoms with Gasteiger partial charge >= 0.3 is 0 Å². The van der Waals surface area contributed by atoms with Crippen LogP contribution in [-0.2, 0) is 6.54 Å². The van der Waals surface area contributed by atoms with Crippen LogP contribution in [0.1, 0.15) is 24.4 Å². The maximum absolute atomic E-state index is 6.08. The molecule has 26 heavy (non-hydrogen) atoms. The lowest BCUT2D eigenvalue weighted by Gasteiger charge is -2.36. The van der Waals surface area contributed by atoms with E-state index >= 15 is 0 Å². The third-order valence-corrected chi connectivity index (χ3v) is 5.87. The molecule has 5 nitrogen and oxygen atoms in total. The molecule has 0 bridgehead atoms. The van der Waals surface area contributed by atoms with Crippen LogP contribution < -0.4 is 0 Å². The number of nitrogens with zero attached hydrogens (tertiary/aromatic N) is 4. The van der Waals surface area contributed by atoms with Gasteiger partial charge in [0.15, 0.2) is 0 Å². The van der Waals surface area contributed by atoms with Crippen LogP contribution in [0.2, 0.25) is 5.02 Å². The monoisotopic (exact) mass is 388 g/mol. The highest BCUT2D eigenvalue weighted by atomic mass is 35.5. The van der Waals surface area contributed by atoms with Crippen molar-refractivity contribution >= 4 is 22.9 Å². The van der Waals surface area contributed by atoms with Crippen molar-refractivity contribution in [1.29, 1.82) is 0 Å². The van der Waals surface area contributed by atoms with Crippen molar-refractivity contribution in [3.63, 3.8) is 0 Å². The predicted molar refractivity (Wildman–Crippen MR) is 104 cm³/mol. The van der Waals surface area contributed by atoms with E-state index in [-0.39, 0.29) is 6.04 Å².